The maximum atomic E-state index is 5.41. The molecule has 2 heteroatoms. The third kappa shape index (κ3) is 5.50. The number of hydrogen-bond donors (Lipinski definition) is 2. The molecule has 0 aromatic rings. The Labute approximate surface area is 50.8 Å². The van der Waals surface area contributed by atoms with Gasteiger partial charge in [0.1, 0.15) is 0 Å². The van der Waals surface area contributed by atoms with E-state index >= 15 is 0 Å². The van der Waals surface area contributed by atoms with Gasteiger partial charge < -0.3 is 11.1 Å². The predicted octanol–water partition coefficient (Wildman–Crippen LogP) is 0.457. The number of rotatable bonds is 3. The molecule has 0 amide bonds. The van der Waals surface area contributed by atoms with E-state index in [1.165, 1.54) is 0 Å². The van der Waals surface area contributed by atoms with Crippen LogP contribution in [0.25, 0.3) is 0 Å². The van der Waals surface area contributed by atoms with Gasteiger partial charge >= 0.3 is 0 Å². The lowest BCUT2D eigenvalue weighted by atomic mass is 10.4. The fourth-order valence-electron chi connectivity index (χ4n) is 0.338. The first-order valence-corrected chi connectivity index (χ1v) is 2.93. The van der Waals surface area contributed by atoms with Crippen LogP contribution in [0, 0.1) is 0 Å². The lowest BCUT2D eigenvalue weighted by Gasteiger charge is -1.94. The molecular formula is C6H14N2. The maximum Gasteiger partial charge on any atom is 0.0211 e. The third-order valence-electron chi connectivity index (χ3n) is 0.722. The molecule has 0 aromatic heterocycles. The standard InChI is InChI=1S/C6H14N2/c1-3-8-5-4-6(2)7/h4-6,8H,3,7H2,1-2H3/b5-4-. The molecule has 0 rings (SSSR count). The van der Waals surface area contributed by atoms with Crippen molar-refractivity contribution in [2.75, 3.05) is 6.54 Å². The van der Waals surface area contributed by atoms with Crippen molar-refractivity contribution in [1.82, 2.24) is 5.32 Å². The molecule has 0 saturated carbocycles. The molecule has 1 atom stereocenters. The summed E-state index contributed by atoms with van der Waals surface area (Å²) in [5.74, 6) is 0. The zero-order valence-electron chi connectivity index (χ0n) is 5.52. The lowest BCUT2D eigenvalue weighted by Crippen LogP contribution is -2.12. The van der Waals surface area contributed by atoms with Crippen LogP contribution in [0.4, 0.5) is 0 Å². The molecular weight excluding hydrogens is 100 g/mol. The Kier molecular flexibility index (Phi) is 4.36. The summed E-state index contributed by atoms with van der Waals surface area (Å²) in [6, 6.07) is 0.161. The van der Waals surface area contributed by atoms with Gasteiger partial charge in [0, 0.05) is 12.6 Å². The van der Waals surface area contributed by atoms with Gasteiger partial charge in [-0.3, -0.25) is 0 Å². The second-order valence-corrected chi connectivity index (χ2v) is 1.78. The summed E-state index contributed by atoms with van der Waals surface area (Å²) >= 11 is 0. The fraction of sp³-hybridized carbons (Fsp3) is 0.667. The van der Waals surface area contributed by atoms with Gasteiger partial charge in [0.2, 0.25) is 0 Å². The third-order valence-corrected chi connectivity index (χ3v) is 0.722. The Hall–Kier alpha value is -0.500. The van der Waals surface area contributed by atoms with Crippen molar-refractivity contribution >= 4 is 0 Å². The molecule has 0 aliphatic carbocycles. The molecule has 2 nitrogen and oxygen atoms in total. The highest BCUT2D eigenvalue weighted by molar-refractivity contribution is 4.86. The Bertz CT molecular complexity index is 66.9. The van der Waals surface area contributed by atoms with Gasteiger partial charge in [-0.15, -0.1) is 0 Å². The second-order valence-electron chi connectivity index (χ2n) is 1.78. The Balaban J connectivity index is 3.07. The van der Waals surface area contributed by atoms with Crippen molar-refractivity contribution in [3.8, 4) is 0 Å². The molecule has 0 heterocycles. The minimum absolute atomic E-state index is 0.161. The van der Waals surface area contributed by atoms with Crippen LogP contribution in [-0.2, 0) is 0 Å². The predicted molar refractivity (Wildman–Crippen MR) is 36.5 cm³/mol. The van der Waals surface area contributed by atoms with E-state index < -0.39 is 0 Å². The first-order valence-electron chi connectivity index (χ1n) is 2.93. The average Bonchev–Trinajstić information content (AvgIpc) is 1.66. The fourth-order valence-corrected chi connectivity index (χ4v) is 0.338. The normalized spacial score (nSPS) is 14.4. The molecule has 0 fully saturated rings. The second kappa shape index (κ2) is 4.65. The van der Waals surface area contributed by atoms with Crippen molar-refractivity contribution in [3.05, 3.63) is 12.3 Å². The van der Waals surface area contributed by atoms with Crippen LogP contribution in [0.15, 0.2) is 12.3 Å². The van der Waals surface area contributed by atoms with Gasteiger partial charge in [0.25, 0.3) is 0 Å². The first-order chi connectivity index (χ1) is 3.77. The quantitative estimate of drug-likeness (QED) is 0.559. The molecule has 1 unspecified atom stereocenters. The van der Waals surface area contributed by atoms with E-state index in [-0.39, 0.29) is 6.04 Å². The Morgan fingerprint density at radius 1 is 1.75 bits per heavy atom. The van der Waals surface area contributed by atoms with Crippen LogP contribution in [0.2, 0.25) is 0 Å². The van der Waals surface area contributed by atoms with Crippen molar-refractivity contribution in [3.63, 3.8) is 0 Å². The summed E-state index contributed by atoms with van der Waals surface area (Å²) in [7, 11) is 0. The van der Waals surface area contributed by atoms with Crippen LogP contribution >= 0.6 is 0 Å². The average molecular weight is 114 g/mol. The largest absolute Gasteiger partial charge is 0.391 e. The minimum Gasteiger partial charge on any atom is -0.391 e. The summed E-state index contributed by atoms with van der Waals surface area (Å²) in [6.45, 7) is 4.95. The van der Waals surface area contributed by atoms with E-state index in [4.69, 9.17) is 5.73 Å². The van der Waals surface area contributed by atoms with Crippen LogP contribution in [0.3, 0.4) is 0 Å². The highest BCUT2D eigenvalue weighted by Crippen LogP contribution is 1.73. The SMILES string of the molecule is CCN/C=C\C(C)N. The molecule has 0 spiro atoms. The summed E-state index contributed by atoms with van der Waals surface area (Å²) < 4.78 is 0. The van der Waals surface area contributed by atoms with Crippen LogP contribution in [-0.4, -0.2) is 12.6 Å². The molecule has 0 aliphatic heterocycles. The monoisotopic (exact) mass is 114 g/mol. The van der Waals surface area contributed by atoms with Crippen molar-refractivity contribution in [2.24, 2.45) is 5.73 Å². The molecule has 0 aromatic carbocycles. The highest BCUT2D eigenvalue weighted by Gasteiger charge is 1.78. The summed E-state index contributed by atoms with van der Waals surface area (Å²) in [5.41, 5.74) is 5.41. The van der Waals surface area contributed by atoms with Gasteiger partial charge in [-0.2, -0.15) is 0 Å². The van der Waals surface area contributed by atoms with Gasteiger partial charge in [-0.1, -0.05) is 6.08 Å². The molecule has 3 N–H and O–H groups in total. The molecule has 48 valence electrons. The van der Waals surface area contributed by atoms with Crippen LogP contribution < -0.4 is 11.1 Å². The summed E-state index contributed by atoms with van der Waals surface area (Å²) in [5, 5.41) is 3.02. The Morgan fingerprint density at radius 2 is 2.38 bits per heavy atom. The van der Waals surface area contributed by atoms with Crippen molar-refractivity contribution in [1.29, 1.82) is 0 Å². The van der Waals surface area contributed by atoms with E-state index in [2.05, 4.69) is 5.32 Å². The van der Waals surface area contributed by atoms with E-state index in [1.807, 2.05) is 26.1 Å². The van der Waals surface area contributed by atoms with Gasteiger partial charge in [0.15, 0.2) is 0 Å². The van der Waals surface area contributed by atoms with Crippen molar-refractivity contribution in [2.45, 2.75) is 19.9 Å². The zero-order valence-corrected chi connectivity index (χ0v) is 5.52. The van der Waals surface area contributed by atoms with Crippen LogP contribution in [0.5, 0.6) is 0 Å². The van der Waals surface area contributed by atoms with Crippen LogP contribution in [0.1, 0.15) is 13.8 Å². The van der Waals surface area contributed by atoms with E-state index in [1.54, 1.807) is 0 Å². The summed E-state index contributed by atoms with van der Waals surface area (Å²) in [6.07, 6.45) is 3.80. The summed E-state index contributed by atoms with van der Waals surface area (Å²) in [4.78, 5) is 0. The smallest absolute Gasteiger partial charge is 0.0211 e. The number of hydrogen-bond acceptors (Lipinski definition) is 2. The lowest BCUT2D eigenvalue weighted by molar-refractivity contribution is 0.874. The molecule has 0 saturated heterocycles. The highest BCUT2D eigenvalue weighted by atomic mass is 14.8. The van der Waals surface area contributed by atoms with E-state index in [9.17, 15) is 0 Å². The minimum atomic E-state index is 0.161. The number of nitrogens with two attached hydrogens (primary N) is 1. The van der Waals surface area contributed by atoms with E-state index in [0.29, 0.717) is 0 Å². The van der Waals surface area contributed by atoms with Gasteiger partial charge in [-0.25, -0.2) is 0 Å². The van der Waals surface area contributed by atoms with Gasteiger partial charge in [0.05, 0.1) is 0 Å². The molecule has 0 aliphatic rings. The molecule has 0 radical (unpaired) electrons. The zero-order chi connectivity index (χ0) is 6.41. The molecule has 0 bridgehead atoms. The Morgan fingerprint density at radius 3 is 2.75 bits per heavy atom. The molecule has 8 heavy (non-hydrogen) atoms. The topological polar surface area (TPSA) is 38.0 Å². The van der Waals surface area contributed by atoms with Crippen molar-refractivity contribution < 1.29 is 0 Å². The number of nitrogens with one attached hydrogen (secondary N) is 1. The van der Waals surface area contributed by atoms with Gasteiger partial charge in [-0.05, 0) is 20.0 Å². The van der Waals surface area contributed by atoms with E-state index in [0.717, 1.165) is 6.54 Å². The maximum absolute atomic E-state index is 5.41. The first kappa shape index (κ1) is 7.50.